The molecular formula is C30H28ClN5O. The smallest absolute Gasteiger partial charge is 0.139 e. The Labute approximate surface area is 221 Å². The van der Waals surface area contributed by atoms with Gasteiger partial charge in [-0.15, -0.1) is 0 Å². The maximum atomic E-state index is 6.59. The lowest BCUT2D eigenvalue weighted by molar-refractivity contribution is 0.0529. The van der Waals surface area contributed by atoms with Crippen LogP contribution in [0.15, 0.2) is 79.0 Å². The molecule has 6 nitrogen and oxygen atoms in total. The molecule has 37 heavy (non-hydrogen) atoms. The fourth-order valence-corrected chi connectivity index (χ4v) is 5.03. The first kappa shape index (κ1) is 23.5. The van der Waals surface area contributed by atoms with Crippen molar-refractivity contribution in [3.05, 3.63) is 89.6 Å². The summed E-state index contributed by atoms with van der Waals surface area (Å²) in [4.78, 5) is 15.3. The highest BCUT2D eigenvalue weighted by Crippen LogP contribution is 2.34. The van der Waals surface area contributed by atoms with Gasteiger partial charge < -0.3 is 19.9 Å². The Morgan fingerprint density at radius 3 is 2.76 bits per heavy atom. The van der Waals surface area contributed by atoms with Crippen molar-refractivity contribution in [1.82, 2.24) is 15.0 Å². The average molecular weight is 510 g/mol. The van der Waals surface area contributed by atoms with Crippen LogP contribution in [0.25, 0.3) is 33.5 Å². The lowest BCUT2D eigenvalue weighted by atomic mass is 10.1. The van der Waals surface area contributed by atoms with Crippen molar-refractivity contribution in [2.45, 2.75) is 20.0 Å². The number of aryl methyl sites for hydroxylation is 1. The van der Waals surface area contributed by atoms with Crippen molar-refractivity contribution in [2.75, 3.05) is 29.9 Å². The monoisotopic (exact) mass is 509 g/mol. The lowest BCUT2D eigenvalue weighted by Gasteiger charge is -2.32. The number of aromatic amines is 1. The summed E-state index contributed by atoms with van der Waals surface area (Å²) in [7, 11) is 0. The van der Waals surface area contributed by atoms with E-state index in [-0.39, 0.29) is 6.10 Å². The van der Waals surface area contributed by atoms with E-state index < -0.39 is 0 Å². The average Bonchev–Trinajstić information content (AvgIpc) is 3.42. The molecule has 1 fully saturated rings. The van der Waals surface area contributed by atoms with Crippen LogP contribution in [-0.4, -0.2) is 40.8 Å². The van der Waals surface area contributed by atoms with E-state index in [0.717, 1.165) is 76.0 Å². The van der Waals surface area contributed by atoms with E-state index in [1.165, 1.54) is 0 Å². The Kier molecular flexibility index (Phi) is 6.28. The zero-order valence-corrected chi connectivity index (χ0v) is 21.6. The highest BCUT2D eigenvalue weighted by molar-refractivity contribution is 6.33. The Hall–Kier alpha value is -3.87. The molecular weight excluding hydrogens is 482 g/mol. The van der Waals surface area contributed by atoms with Gasteiger partial charge in [0, 0.05) is 35.4 Å². The predicted octanol–water partition coefficient (Wildman–Crippen LogP) is 7.22. The van der Waals surface area contributed by atoms with Crippen LogP contribution in [0.2, 0.25) is 5.02 Å². The van der Waals surface area contributed by atoms with Crippen LogP contribution in [0.5, 0.6) is 0 Å². The molecule has 1 saturated heterocycles. The minimum absolute atomic E-state index is 0.206. The number of H-pyrrole nitrogens is 1. The molecule has 0 spiro atoms. The number of nitrogens with one attached hydrogen (secondary N) is 2. The number of aromatic nitrogens is 3. The second-order valence-corrected chi connectivity index (χ2v) is 9.86. The number of anilines is 3. The van der Waals surface area contributed by atoms with E-state index in [1.807, 2.05) is 42.6 Å². The van der Waals surface area contributed by atoms with Crippen molar-refractivity contribution >= 4 is 39.7 Å². The molecule has 6 rings (SSSR count). The topological polar surface area (TPSA) is 66.1 Å². The number of halogens is 1. The molecule has 0 bridgehead atoms. The summed E-state index contributed by atoms with van der Waals surface area (Å²) in [6, 6.07) is 24.5. The molecule has 2 aromatic heterocycles. The molecule has 3 aromatic carbocycles. The van der Waals surface area contributed by atoms with Crippen LogP contribution in [0.4, 0.5) is 17.2 Å². The van der Waals surface area contributed by atoms with Crippen molar-refractivity contribution in [2.24, 2.45) is 0 Å². The van der Waals surface area contributed by atoms with E-state index >= 15 is 0 Å². The Morgan fingerprint density at radius 2 is 1.92 bits per heavy atom. The summed E-state index contributed by atoms with van der Waals surface area (Å²) in [6.07, 6.45) is 2.05. The second-order valence-electron chi connectivity index (χ2n) is 9.45. The number of hydrogen-bond donors (Lipinski definition) is 2. The van der Waals surface area contributed by atoms with Crippen molar-refractivity contribution in [3.8, 4) is 22.6 Å². The minimum atomic E-state index is 0.206. The van der Waals surface area contributed by atoms with E-state index in [1.54, 1.807) is 0 Å². The van der Waals surface area contributed by atoms with Crippen LogP contribution in [0, 0.1) is 6.92 Å². The number of rotatable bonds is 5. The normalized spacial score (nSPS) is 15.8. The van der Waals surface area contributed by atoms with Crippen LogP contribution in [-0.2, 0) is 4.74 Å². The third kappa shape index (κ3) is 4.78. The first-order valence-electron chi connectivity index (χ1n) is 12.5. The van der Waals surface area contributed by atoms with Gasteiger partial charge in [0.1, 0.15) is 11.6 Å². The summed E-state index contributed by atoms with van der Waals surface area (Å²) in [5.41, 5.74) is 6.93. The fourth-order valence-electron chi connectivity index (χ4n) is 4.82. The van der Waals surface area contributed by atoms with Crippen molar-refractivity contribution < 1.29 is 4.74 Å². The number of nitrogens with zero attached hydrogens (tertiary/aromatic N) is 3. The van der Waals surface area contributed by atoms with E-state index in [2.05, 4.69) is 70.4 Å². The molecule has 0 radical (unpaired) electrons. The van der Waals surface area contributed by atoms with Crippen molar-refractivity contribution in [3.63, 3.8) is 0 Å². The third-order valence-electron chi connectivity index (χ3n) is 6.77. The predicted molar refractivity (Wildman–Crippen MR) is 152 cm³/mol. The van der Waals surface area contributed by atoms with E-state index in [4.69, 9.17) is 21.3 Å². The molecule has 5 aromatic rings. The molecule has 3 heterocycles. The van der Waals surface area contributed by atoms with Gasteiger partial charge in [-0.1, -0.05) is 48.0 Å². The lowest BCUT2D eigenvalue weighted by Crippen LogP contribution is -2.41. The quantitative estimate of drug-likeness (QED) is 0.262. The fraction of sp³-hybridized carbons (Fsp3) is 0.200. The molecule has 1 atom stereocenters. The van der Waals surface area contributed by atoms with Crippen LogP contribution in [0.3, 0.4) is 0 Å². The Morgan fingerprint density at radius 1 is 1.05 bits per heavy atom. The number of fused-ring (bicyclic) bond motifs is 1. The summed E-state index contributed by atoms with van der Waals surface area (Å²) in [5, 5.41) is 5.30. The molecule has 0 unspecified atom stereocenters. The van der Waals surface area contributed by atoms with Gasteiger partial charge in [0.2, 0.25) is 0 Å². The number of morpholine rings is 1. The maximum absolute atomic E-state index is 6.59. The number of imidazole rings is 1. The Balaban J connectivity index is 1.31. The largest absolute Gasteiger partial charge is 0.375 e. The van der Waals surface area contributed by atoms with Gasteiger partial charge in [-0.05, 0) is 61.4 Å². The van der Waals surface area contributed by atoms with Gasteiger partial charge in [0.15, 0.2) is 0 Å². The minimum Gasteiger partial charge on any atom is -0.375 e. The van der Waals surface area contributed by atoms with Gasteiger partial charge in [-0.25, -0.2) is 9.97 Å². The molecule has 186 valence electrons. The van der Waals surface area contributed by atoms with E-state index in [9.17, 15) is 0 Å². The summed E-state index contributed by atoms with van der Waals surface area (Å²) >= 11 is 6.59. The molecule has 7 heteroatoms. The van der Waals surface area contributed by atoms with Crippen LogP contribution < -0.4 is 10.2 Å². The zero-order chi connectivity index (χ0) is 25.4. The summed E-state index contributed by atoms with van der Waals surface area (Å²) in [5.74, 6) is 1.72. The molecule has 0 aliphatic carbocycles. The molecule has 0 amide bonds. The number of ether oxygens (including phenoxy) is 1. The standard InChI is InChI=1S/C30H28ClN5O/c1-19-8-12-26(23-10-13-28(35-29(19)23)36-14-15-37-20(2)18-36)33-22-9-11-25(31)24(16-22)30-32-17-27(34-30)21-6-4-3-5-7-21/h3-13,16-17,20,33H,14-15,18H2,1-2H3,(H,32,34)/t20-/m1/s1. The highest BCUT2D eigenvalue weighted by Gasteiger charge is 2.19. The van der Waals surface area contributed by atoms with Crippen LogP contribution in [0.1, 0.15) is 12.5 Å². The van der Waals surface area contributed by atoms with Gasteiger partial charge >= 0.3 is 0 Å². The first-order valence-corrected chi connectivity index (χ1v) is 12.9. The maximum Gasteiger partial charge on any atom is 0.139 e. The van der Waals surface area contributed by atoms with Gasteiger partial charge in [0.05, 0.1) is 35.1 Å². The van der Waals surface area contributed by atoms with Gasteiger partial charge in [-0.2, -0.15) is 0 Å². The molecule has 0 saturated carbocycles. The Bertz CT molecular complexity index is 1570. The SMILES string of the molecule is Cc1ccc(Nc2ccc(Cl)c(-c3ncc(-c4ccccc4)[nH]3)c2)c2ccc(N3CCO[C@H](C)C3)nc12. The second kappa shape index (κ2) is 9.88. The van der Waals surface area contributed by atoms with Crippen LogP contribution >= 0.6 is 11.6 Å². The zero-order valence-electron chi connectivity index (χ0n) is 20.8. The number of hydrogen-bond acceptors (Lipinski definition) is 5. The molecule has 1 aliphatic rings. The number of pyridine rings is 1. The molecule has 1 aliphatic heterocycles. The molecule has 2 N–H and O–H groups in total. The summed E-state index contributed by atoms with van der Waals surface area (Å²) in [6.45, 7) is 6.63. The van der Waals surface area contributed by atoms with Gasteiger partial charge in [0.25, 0.3) is 0 Å². The highest BCUT2D eigenvalue weighted by atomic mass is 35.5. The number of benzene rings is 3. The van der Waals surface area contributed by atoms with Gasteiger partial charge in [-0.3, -0.25) is 0 Å². The first-order chi connectivity index (χ1) is 18.0. The third-order valence-corrected chi connectivity index (χ3v) is 7.10. The van der Waals surface area contributed by atoms with E-state index in [0.29, 0.717) is 5.02 Å². The van der Waals surface area contributed by atoms with Crippen molar-refractivity contribution in [1.29, 1.82) is 0 Å². The summed E-state index contributed by atoms with van der Waals surface area (Å²) < 4.78 is 5.70.